The lowest BCUT2D eigenvalue weighted by Crippen LogP contribution is -2.35. The molecule has 0 spiro atoms. The number of nitrogens with one attached hydrogen (secondary N) is 2. The minimum absolute atomic E-state index is 0.294. The van der Waals surface area contributed by atoms with Gasteiger partial charge in [-0.1, -0.05) is 6.92 Å². The van der Waals surface area contributed by atoms with Gasteiger partial charge < -0.3 is 5.32 Å². The van der Waals surface area contributed by atoms with Crippen molar-refractivity contribution in [1.82, 2.24) is 10.0 Å². The fraction of sp³-hybridized carbons (Fsp3) is 1.00. The Morgan fingerprint density at radius 1 is 1.38 bits per heavy atom. The van der Waals surface area contributed by atoms with Gasteiger partial charge in [-0.25, -0.2) is 13.1 Å². The standard InChI is InChI=1S/C8H18N2O2S/c1-2-10-13(11,12)7-8-3-5-9-6-4-8/h8-10H,2-7H2,1H3. The molecule has 13 heavy (non-hydrogen) atoms. The van der Waals surface area contributed by atoms with E-state index in [1.54, 1.807) is 6.92 Å². The summed E-state index contributed by atoms with van der Waals surface area (Å²) in [4.78, 5) is 0. The normalized spacial score (nSPS) is 20.4. The average molecular weight is 206 g/mol. The van der Waals surface area contributed by atoms with Crippen molar-refractivity contribution in [2.75, 3.05) is 25.4 Å². The highest BCUT2D eigenvalue weighted by molar-refractivity contribution is 7.89. The van der Waals surface area contributed by atoms with E-state index in [-0.39, 0.29) is 0 Å². The Labute approximate surface area is 80.1 Å². The molecule has 1 saturated heterocycles. The SMILES string of the molecule is CCNS(=O)(=O)CC1CCNCC1. The molecule has 0 aromatic rings. The highest BCUT2D eigenvalue weighted by Crippen LogP contribution is 2.13. The number of piperidine rings is 1. The van der Waals surface area contributed by atoms with Crippen LogP contribution < -0.4 is 10.0 Å². The fourth-order valence-corrected chi connectivity index (χ4v) is 3.15. The number of sulfonamides is 1. The molecule has 1 fully saturated rings. The van der Waals surface area contributed by atoms with Crippen LogP contribution in [-0.4, -0.2) is 33.8 Å². The van der Waals surface area contributed by atoms with Gasteiger partial charge in [-0.05, 0) is 31.8 Å². The Bertz CT molecular complexity index is 233. The molecule has 0 amide bonds. The summed E-state index contributed by atoms with van der Waals surface area (Å²) in [5, 5.41) is 3.22. The number of hydrogen-bond donors (Lipinski definition) is 2. The molecule has 0 unspecified atom stereocenters. The Hall–Kier alpha value is -0.130. The zero-order chi connectivity index (χ0) is 9.73. The van der Waals surface area contributed by atoms with Crippen LogP contribution in [0.2, 0.25) is 0 Å². The molecule has 0 bridgehead atoms. The molecule has 0 aromatic heterocycles. The minimum atomic E-state index is -3.01. The first kappa shape index (κ1) is 10.9. The predicted molar refractivity (Wildman–Crippen MR) is 53.1 cm³/mol. The van der Waals surface area contributed by atoms with E-state index in [1.165, 1.54) is 0 Å². The van der Waals surface area contributed by atoms with Gasteiger partial charge in [-0.3, -0.25) is 0 Å². The van der Waals surface area contributed by atoms with E-state index in [0.29, 0.717) is 18.2 Å². The molecule has 1 aliphatic heterocycles. The maximum atomic E-state index is 11.4. The first-order valence-corrected chi connectivity index (χ1v) is 6.47. The van der Waals surface area contributed by atoms with E-state index in [9.17, 15) is 8.42 Å². The van der Waals surface area contributed by atoms with Gasteiger partial charge in [-0.2, -0.15) is 0 Å². The topological polar surface area (TPSA) is 58.2 Å². The average Bonchev–Trinajstić information content (AvgIpc) is 2.04. The Morgan fingerprint density at radius 2 is 2.00 bits per heavy atom. The van der Waals surface area contributed by atoms with Crippen molar-refractivity contribution >= 4 is 10.0 Å². The maximum absolute atomic E-state index is 11.4. The third-order valence-corrected chi connectivity index (χ3v) is 3.92. The predicted octanol–water partition coefficient (Wildman–Crippen LogP) is -0.0747. The molecular weight excluding hydrogens is 188 g/mol. The second kappa shape index (κ2) is 4.93. The molecule has 1 aliphatic rings. The zero-order valence-electron chi connectivity index (χ0n) is 8.04. The van der Waals surface area contributed by atoms with Crippen molar-refractivity contribution in [3.8, 4) is 0 Å². The molecule has 0 aromatic carbocycles. The summed E-state index contributed by atoms with van der Waals surface area (Å²) in [7, 11) is -3.01. The van der Waals surface area contributed by atoms with Crippen molar-refractivity contribution in [3.05, 3.63) is 0 Å². The minimum Gasteiger partial charge on any atom is -0.317 e. The van der Waals surface area contributed by atoms with Gasteiger partial charge in [0.1, 0.15) is 0 Å². The Balaban J connectivity index is 2.37. The van der Waals surface area contributed by atoms with Crippen LogP contribution in [0.15, 0.2) is 0 Å². The fourth-order valence-electron chi connectivity index (χ4n) is 1.64. The first-order valence-electron chi connectivity index (χ1n) is 4.82. The molecule has 1 rings (SSSR count). The van der Waals surface area contributed by atoms with Crippen LogP contribution in [0.3, 0.4) is 0 Å². The van der Waals surface area contributed by atoms with Crippen LogP contribution in [0.4, 0.5) is 0 Å². The summed E-state index contributed by atoms with van der Waals surface area (Å²) < 4.78 is 25.3. The van der Waals surface area contributed by atoms with Crippen LogP contribution in [-0.2, 0) is 10.0 Å². The summed E-state index contributed by atoms with van der Waals surface area (Å²) in [5.41, 5.74) is 0. The van der Waals surface area contributed by atoms with Crippen molar-refractivity contribution in [3.63, 3.8) is 0 Å². The smallest absolute Gasteiger partial charge is 0.211 e. The lowest BCUT2D eigenvalue weighted by molar-refractivity contribution is 0.400. The van der Waals surface area contributed by atoms with Crippen LogP contribution in [0.5, 0.6) is 0 Å². The van der Waals surface area contributed by atoms with E-state index in [2.05, 4.69) is 10.0 Å². The highest BCUT2D eigenvalue weighted by Gasteiger charge is 2.19. The Kier molecular flexibility index (Phi) is 4.15. The van der Waals surface area contributed by atoms with Gasteiger partial charge in [0, 0.05) is 6.54 Å². The molecule has 4 nitrogen and oxygen atoms in total. The molecule has 0 atom stereocenters. The monoisotopic (exact) mass is 206 g/mol. The maximum Gasteiger partial charge on any atom is 0.211 e. The molecule has 2 N–H and O–H groups in total. The lowest BCUT2D eigenvalue weighted by atomic mass is 10.0. The highest BCUT2D eigenvalue weighted by atomic mass is 32.2. The summed E-state index contributed by atoms with van der Waals surface area (Å²) >= 11 is 0. The van der Waals surface area contributed by atoms with E-state index in [1.807, 2.05) is 0 Å². The van der Waals surface area contributed by atoms with Gasteiger partial charge in [0.05, 0.1) is 5.75 Å². The van der Waals surface area contributed by atoms with Gasteiger partial charge in [-0.15, -0.1) is 0 Å². The van der Waals surface area contributed by atoms with Crippen molar-refractivity contribution in [1.29, 1.82) is 0 Å². The Morgan fingerprint density at radius 3 is 2.54 bits per heavy atom. The van der Waals surface area contributed by atoms with Gasteiger partial charge in [0.15, 0.2) is 0 Å². The van der Waals surface area contributed by atoms with Crippen LogP contribution in [0.25, 0.3) is 0 Å². The van der Waals surface area contributed by atoms with Gasteiger partial charge in [0.25, 0.3) is 0 Å². The van der Waals surface area contributed by atoms with E-state index in [4.69, 9.17) is 0 Å². The number of hydrogen-bond acceptors (Lipinski definition) is 3. The molecule has 0 saturated carbocycles. The van der Waals surface area contributed by atoms with Crippen LogP contribution in [0.1, 0.15) is 19.8 Å². The second-order valence-corrected chi connectivity index (χ2v) is 5.32. The zero-order valence-corrected chi connectivity index (χ0v) is 8.86. The summed E-state index contributed by atoms with van der Waals surface area (Å²) in [6.45, 7) is 4.20. The van der Waals surface area contributed by atoms with E-state index < -0.39 is 10.0 Å². The number of rotatable bonds is 4. The third-order valence-electron chi connectivity index (χ3n) is 2.28. The first-order chi connectivity index (χ1) is 6.14. The van der Waals surface area contributed by atoms with Crippen LogP contribution in [0, 0.1) is 5.92 Å². The van der Waals surface area contributed by atoms with E-state index in [0.717, 1.165) is 25.9 Å². The quantitative estimate of drug-likeness (QED) is 0.677. The summed E-state index contributed by atoms with van der Waals surface area (Å²) in [6.07, 6.45) is 1.95. The van der Waals surface area contributed by atoms with Crippen LogP contribution >= 0.6 is 0 Å². The molecule has 0 radical (unpaired) electrons. The largest absolute Gasteiger partial charge is 0.317 e. The van der Waals surface area contributed by atoms with Crippen molar-refractivity contribution < 1.29 is 8.42 Å². The lowest BCUT2D eigenvalue weighted by Gasteiger charge is -2.22. The van der Waals surface area contributed by atoms with Gasteiger partial charge in [0.2, 0.25) is 10.0 Å². The molecular formula is C8H18N2O2S. The third kappa shape index (κ3) is 4.06. The molecule has 78 valence electrons. The van der Waals surface area contributed by atoms with Crippen molar-refractivity contribution in [2.45, 2.75) is 19.8 Å². The summed E-state index contributed by atoms with van der Waals surface area (Å²) in [6, 6.07) is 0. The van der Waals surface area contributed by atoms with Gasteiger partial charge >= 0.3 is 0 Å². The molecule has 5 heteroatoms. The van der Waals surface area contributed by atoms with Crippen molar-refractivity contribution in [2.24, 2.45) is 5.92 Å². The molecule has 1 heterocycles. The summed E-state index contributed by atoms with van der Waals surface area (Å²) in [5.74, 6) is 0.632. The van der Waals surface area contributed by atoms with E-state index >= 15 is 0 Å². The molecule has 0 aliphatic carbocycles. The second-order valence-electron chi connectivity index (χ2n) is 3.47.